The topological polar surface area (TPSA) is 61.9 Å². The summed E-state index contributed by atoms with van der Waals surface area (Å²) in [6, 6.07) is 5.45. The normalized spacial score (nSPS) is 16.6. The van der Waals surface area contributed by atoms with Crippen molar-refractivity contribution in [3.05, 3.63) is 30.1 Å². The van der Waals surface area contributed by atoms with Crippen molar-refractivity contribution in [3.63, 3.8) is 0 Å². The van der Waals surface area contributed by atoms with Crippen LogP contribution >= 0.6 is 0 Å². The highest BCUT2D eigenvalue weighted by Gasteiger charge is 2.28. The van der Waals surface area contributed by atoms with Gasteiger partial charge < -0.3 is 15.0 Å². The van der Waals surface area contributed by atoms with Gasteiger partial charge in [-0.3, -0.25) is 9.69 Å². The summed E-state index contributed by atoms with van der Waals surface area (Å²) in [4.78, 5) is 28.0. The molecule has 0 aliphatic carbocycles. The number of rotatable bonds is 5. The Labute approximate surface area is 147 Å². The lowest BCUT2D eigenvalue weighted by Gasteiger charge is -2.36. The molecule has 1 N–H and O–H groups in total. The number of hydrogen-bond acceptors (Lipinski definition) is 4. The van der Waals surface area contributed by atoms with Crippen molar-refractivity contribution in [2.24, 2.45) is 5.92 Å². The van der Waals surface area contributed by atoms with Crippen LogP contribution in [-0.2, 0) is 9.53 Å². The second-order valence-corrected chi connectivity index (χ2v) is 6.67. The number of halogens is 1. The highest BCUT2D eigenvalue weighted by atomic mass is 19.1. The van der Waals surface area contributed by atoms with Crippen molar-refractivity contribution in [1.29, 1.82) is 0 Å². The van der Waals surface area contributed by atoms with E-state index in [0.717, 1.165) is 0 Å². The fourth-order valence-electron chi connectivity index (χ4n) is 2.60. The smallest absolute Gasteiger partial charge is 0.409 e. The summed E-state index contributed by atoms with van der Waals surface area (Å²) in [7, 11) is 0. The lowest BCUT2D eigenvalue weighted by molar-refractivity contribution is -0.121. The standard InChI is InChI=1S/C18H26FN3O3/c1-13(2)12-25-18(24)22-9-7-21(8-10-22)14(3)17(23)20-16-6-4-5-15(19)11-16/h4-6,11,13-14H,7-10,12H2,1-3H3,(H,20,23). The van der Waals surface area contributed by atoms with E-state index in [9.17, 15) is 14.0 Å². The van der Waals surface area contributed by atoms with Crippen LogP contribution in [0.5, 0.6) is 0 Å². The Bertz CT molecular complexity index is 601. The van der Waals surface area contributed by atoms with Crippen molar-refractivity contribution in [3.8, 4) is 0 Å². The molecule has 1 aromatic carbocycles. The molecule has 1 aliphatic rings. The molecule has 1 heterocycles. The molecular weight excluding hydrogens is 325 g/mol. The van der Waals surface area contributed by atoms with Gasteiger partial charge in [-0.25, -0.2) is 9.18 Å². The second kappa shape index (κ2) is 8.80. The summed E-state index contributed by atoms with van der Waals surface area (Å²) in [5, 5.41) is 2.72. The first-order valence-corrected chi connectivity index (χ1v) is 8.59. The molecule has 1 fully saturated rings. The number of carbonyl (C=O) groups excluding carboxylic acids is 2. The maximum Gasteiger partial charge on any atom is 0.409 e. The van der Waals surface area contributed by atoms with E-state index in [4.69, 9.17) is 4.74 Å². The van der Waals surface area contributed by atoms with Crippen LogP contribution in [-0.4, -0.2) is 60.6 Å². The fraction of sp³-hybridized carbons (Fsp3) is 0.556. The van der Waals surface area contributed by atoms with Gasteiger partial charge in [-0.2, -0.15) is 0 Å². The summed E-state index contributed by atoms with van der Waals surface area (Å²) in [5.41, 5.74) is 0.438. The highest BCUT2D eigenvalue weighted by molar-refractivity contribution is 5.94. The van der Waals surface area contributed by atoms with Gasteiger partial charge in [0, 0.05) is 31.9 Å². The van der Waals surface area contributed by atoms with E-state index in [0.29, 0.717) is 44.4 Å². The number of amides is 2. The largest absolute Gasteiger partial charge is 0.449 e. The third kappa shape index (κ3) is 5.70. The monoisotopic (exact) mass is 351 g/mol. The van der Waals surface area contributed by atoms with E-state index in [1.165, 1.54) is 12.1 Å². The molecular formula is C18H26FN3O3. The number of nitrogens with one attached hydrogen (secondary N) is 1. The van der Waals surface area contributed by atoms with Crippen molar-refractivity contribution in [1.82, 2.24) is 9.80 Å². The Kier molecular flexibility index (Phi) is 6.75. The van der Waals surface area contributed by atoms with Gasteiger partial charge in [0.2, 0.25) is 5.91 Å². The Morgan fingerprint density at radius 1 is 1.20 bits per heavy atom. The molecule has 1 aromatic rings. The van der Waals surface area contributed by atoms with Gasteiger partial charge in [0.05, 0.1) is 12.6 Å². The number of ether oxygens (including phenoxy) is 1. The van der Waals surface area contributed by atoms with E-state index in [2.05, 4.69) is 5.32 Å². The van der Waals surface area contributed by atoms with Crippen molar-refractivity contribution >= 4 is 17.7 Å². The number of anilines is 1. The number of carbonyl (C=O) groups is 2. The minimum Gasteiger partial charge on any atom is -0.449 e. The van der Waals surface area contributed by atoms with Crippen molar-refractivity contribution in [2.75, 3.05) is 38.1 Å². The minimum absolute atomic E-state index is 0.193. The Morgan fingerprint density at radius 2 is 1.88 bits per heavy atom. The summed E-state index contributed by atoms with van der Waals surface area (Å²) in [6.45, 7) is 8.42. The van der Waals surface area contributed by atoms with Gasteiger partial charge in [-0.15, -0.1) is 0 Å². The quantitative estimate of drug-likeness (QED) is 0.886. The predicted octanol–water partition coefficient (Wildman–Crippen LogP) is 2.56. The van der Waals surface area contributed by atoms with Crippen LogP contribution in [0.1, 0.15) is 20.8 Å². The predicted molar refractivity (Wildman–Crippen MR) is 93.8 cm³/mol. The van der Waals surface area contributed by atoms with Crippen LogP contribution < -0.4 is 5.32 Å². The molecule has 138 valence electrons. The molecule has 1 saturated heterocycles. The molecule has 0 radical (unpaired) electrons. The molecule has 7 heteroatoms. The zero-order valence-electron chi connectivity index (χ0n) is 15.0. The molecule has 0 spiro atoms. The van der Waals surface area contributed by atoms with E-state index >= 15 is 0 Å². The van der Waals surface area contributed by atoms with Gasteiger partial charge in [0.25, 0.3) is 0 Å². The van der Waals surface area contributed by atoms with E-state index in [1.807, 2.05) is 18.7 Å². The number of piperazine rings is 1. The van der Waals surface area contributed by atoms with Gasteiger partial charge in [0.15, 0.2) is 0 Å². The summed E-state index contributed by atoms with van der Waals surface area (Å²) >= 11 is 0. The third-order valence-corrected chi connectivity index (χ3v) is 4.13. The van der Waals surface area contributed by atoms with Gasteiger partial charge >= 0.3 is 6.09 Å². The average Bonchev–Trinajstić information content (AvgIpc) is 2.59. The first-order valence-electron chi connectivity index (χ1n) is 8.59. The Morgan fingerprint density at radius 3 is 2.48 bits per heavy atom. The molecule has 2 rings (SSSR count). The number of hydrogen-bond donors (Lipinski definition) is 1. The molecule has 1 aliphatic heterocycles. The fourth-order valence-corrected chi connectivity index (χ4v) is 2.60. The molecule has 25 heavy (non-hydrogen) atoms. The van der Waals surface area contributed by atoms with Crippen LogP contribution in [0.2, 0.25) is 0 Å². The van der Waals surface area contributed by atoms with E-state index in [-0.39, 0.29) is 23.9 Å². The maximum absolute atomic E-state index is 13.2. The number of nitrogens with zero attached hydrogens (tertiary/aromatic N) is 2. The summed E-state index contributed by atoms with van der Waals surface area (Å²) in [5.74, 6) is -0.280. The second-order valence-electron chi connectivity index (χ2n) is 6.67. The van der Waals surface area contributed by atoms with Gasteiger partial charge in [-0.05, 0) is 31.0 Å². The van der Waals surface area contributed by atoms with Gasteiger partial charge in [-0.1, -0.05) is 19.9 Å². The average molecular weight is 351 g/mol. The van der Waals surface area contributed by atoms with Crippen LogP contribution in [0, 0.1) is 11.7 Å². The first-order chi connectivity index (χ1) is 11.9. The van der Waals surface area contributed by atoms with Gasteiger partial charge in [0.1, 0.15) is 5.82 Å². The lowest BCUT2D eigenvalue weighted by Crippen LogP contribution is -2.54. The van der Waals surface area contributed by atoms with Crippen LogP contribution in [0.4, 0.5) is 14.9 Å². The summed E-state index contributed by atoms with van der Waals surface area (Å²) in [6.07, 6.45) is -0.301. The first kappa shape index (κ1) is 19.2. The Balaban J connectivity index is 1.81. The molecule has 2 amide bonds. The molecule has 0 bridgehead atoms. The van der Waals surface area contributed by atoms with Crippen LogP contribution in [0.15, 0.2) is 24.3 Å². The SMILES string of the molecule is CC(C)COC(=O)N1CCN(C(C)C(=O)Nc2cccc(F)c2)CC1. The van der Waals surface area contributed by atoms with E-state index in [1.54, 1.807) is 24.0 Å². The zero-order chi connectivity index (χ0) is 18.4. The van der Waals surface area contributed by atoms with Crippen LogP contribution in [0.25, 0.3) is 0 Å². The lowest BCUT2D eigenvalue weighted by atomic mass is 10.2. The van der Waals surface area contributed by atoms with Crippen LogP contribution in [0.3, 0.4) is 0 Å². The molecule has 1 atom stereocenters. The molecule has 6 nitrogen and oxygen atoms in total. The highest BCUT2D eigenvalue weighted by Crippen LogP contribution is 2.13. The molecule has 0 saturated carbocycles. The zero-order valence-corrected chi connectivity index (χ0v) is 15.0. The number of benzene rings is 1. The minimum atomic E-state index is -0.390. The Hall–Kier alpha value is -2.15. The third-order valence-electron chi connectivity index (χ3n) is 4.13. The molecule has 0 aromatic heterocycles. The maximum atomic E-state index is 13.2. The van der Waals surface area contributed by atoms with Crippen molar-refractivity contribution < 1.29 is 18.7 Å². The molecule has 1 unspecified atom stereocenters. The van der Waals surface area contributed by atoms with Crippen molar-refractivity contribution in [2.45, 2.75) is 26.8 Å². The van der Waals surface area contributed by atoms with E-state index < -0.39 is 0 Å². The summed E-state index contributed by atoms with van der Waals surface area (Å²) < 4.78 is 18.4.